The van der Waals surface area contributed by atoms with E-state index < -0.39 is 0 Å². The van der Waals surface area contributed by atoms with Crippen molar-refractivity contribution in [3.63, 3.8) is 0 Å². The van der Waals surface area contributed by atoms with Crippen molar-refractivity contribution < 1.29 is 14.1 Å². The van der Waals surface area contributed by atoms with Gasteiger partial charge in [-0.05, 0) is 30.3 Å². The Bertz CT molecular complexity index is 1670. The molecule has 188 valence electrons. The summed E-state index contributed by atoms with van der Waals surface area (Å²) in [6, 6.07) is 23.3. The van der Waals surface area contributed by atoms with Crippen LogP contribution in [0.25, 0.3) is 22.2 Å². The predicted octanol–water partition coefficient (Wildman–Crippen LogP) is 5.51. The summed E-state index contributed by atoms with van der Waals surface area (Å²) in [5.74, 6) is 2.30. The number of carbonyl (C=O) groups excluding carboxylic acids is 1. The van der Waals surface area contributed by atoms with Gasteiger partial charge in [-0.3, -0.25) is 4.79 Å². The number of ether oxygens (including phenoxy) is 1. The molecule has 7 rings (SSSR count). The maximum absolute atomic E-state index is 13.9. The van der Waals surface area contributed by atoms with Crippen molar-refractivity contribution in [3.8, 4) is 17.1 Å². The molecule has 0 saturated carbocycles. The van der Waals surface area contributed by atoms with Crippen LogP contribution in [0.15, 0.2) is 83.5 Å². The number of rotatable bonds is 5. The Morgan fingerprint density at radius 2 is 1.68 bits per heavy atom. The van der Waals surface area contributed by atoms with Crippen molar-refractivity contribution >= 4 is 39.6 Å². The third kappa shape index (κ3) is 3.56. The first kappa shape index (κ1) is 22.4. The van der Waals surface area contributed by atoms with Gasteiger partial charge < -0.3 is 24.4 Å². The number of ketones is 1. The highest BCUT2D eigenvalue weighted by Crippen LogP contribution is 2.46. The van der Waals surface area contributed by atoms with Crippen molar-refractivity contribution in [3.05, 3.63) is 90.1 Å². The van der Waals surface area contributed by atoms with Gasteiger partial charge in [-0.2, -0.15) is 0 Å². The molecule has 2 aliphatic rings. The first-order valence-corrected chi connectivity index (χ1v) is 12.6. The molecule has 0 unspecified atom stereocenters. The lowest BCUT2D eigenvalue weighted by atomic mass is 9.86. The van der Waals surface area contributed by atoms with E-state index in [9.17, 15) is 4.79 Å². The zero-order valence-electron chi connectivity index (χ0n) is 20.8. The van der Waals surface area contributed by atoms with Gasteiger partial charge in [0.25, 0.3) is 0 Å². The number of anilines is 4. The first-order valence-electron chi connectivity index (χ1n) is 12.6. The summed E-state index contributed by atoms with van der Waals surface area (Å²) in [4.78, 5) is 23.0. The van der Waals surface area contributed by atoms with Gasteiger partial charge in [-0.1, -0.05) is 41.6 Å². The minimum atomic E-state index is -0.0433. The molecule has 38 heavy (non-hydrogen) atoms. The number of hydrogen-bond donors (Lipinski definition) is 1. The number of piperazine rings is 1. The SMILES string of the molecule is COc1cccc(Nc2cc(N3CCN(c4ccccn4)CC3)c3noc4c3c2C(=O)c2ccccc2-4)c1. The number of nitrogens with zero attached hydrogens (tertiary/aromatic N) is 4. The van der Waals surface area contributed by atoms with E-state index in [4.69, 9.17) is 9.26 Å². The van der Waals surface area contributed by atoms with Crippen LogP contribution in [-0.2, 0) is 0 Å². The van der Waals surface area contributed by atoms with E-state index in [0.29, 0.717) is 22.4 Å². The standard InChI is InChI=1S/C30H25N5O3/c1-37-20-8-6-7-19(17-20)32-23-18-24(34-13-15-35(16-14-34)25-11-4-5-12-31-25)28-27-26(23)29(36)21-9-2-3-10-22(21)30(27)38-33-28/h2-12,17-18,32H,13-16H2,1H3. The number of carbonyl (C=O) groups is 1. The van der Waals surface area contributed by atoms with Crippen LogP contribution in [0, 0.1) is 0 Å². The molecule has 0 bridgehead atoms. The summed E-state index contributed by atoms with van der Waals surface area (Å²) < 4.78 is 11.4. The summed E-state index contributed by atoms with van der Waals surface area (Å²) in [5.41, 5.74) is 5.17. The van der Waals surface area contributed by atoms with Crippen LogP contribution in [0.5, 0.6) is 5.75 Å². The van der Waals surface area contributed by atoms with Gasteiger partial charge in [-0.25, -0.2) is 4.98 Å². The van der Waals surface area contributed by atoms with Crippen LogP contribution in [0.1, 0.15) is 15.9 Å². The lowest BCUT2D eigenvalue weighted by molar-refractivity contribution is 0.104. The molecule has 5 aromatic rings. The highest BCUT2D eigenvalue weighted by atomic mass is 16.5. The Balaban J connectivity index is 1.34. The molecule has 0 amide bonds. The molecular formula is C30H25N5O3. The molecule has 0 atom stereocenters. The van der Waals surface area contributed by atoms with Crippen molar-refractivity contribution in [2.75, 3.05) is 48.4 Å². The molecule has 0 radical (unpaired) electrons. The maximum atomic E-state index is 13.9. The normalized spacial score (nSPS) is 14.5. The summed E-state index contributed by atoms with van der Waals surface area (Å²) >= 11 is 0. The molecule has 8 nitrogen and oxygen atoms in total. The summed E-state index contributed by atoms with van der Waals surface area (Å²) in [6.07, 6.45) is 1.82. The average molecular weight is 504 g/mol. The van der Waals surface area contributed by atoms with E-state index in [1.807, 2.05) is 79.0 Å². The number of aromatic nitrogens is 2. The second-order valence-corrected chi connectivity index (χ2v) is 9.45. The van der Waals surface area contributed by atoms with Crippen molar-refractivity contribution in [1.82, 2.24) is 10.1 Å². The lowest BCUT2D eigenvalue weighted by Gasteiger charge is -2.37. The Morgan fingerprint density at radius 3 is 2.47 bits per heavy atom. The van der Waals surface area contributed by atoms with Gasteiger partial charge >= 0.3 is 0 Å². The van der Waals surface area contributed by atoms with Crippen LogP contribution in [-0.4, -0.2) is 49.2 Å². The van der Waals surface area contributed by atoms with E-state index in [1.165, 1.54) is 0 Å². The molecule has 1 saturated heterocycles. The van der Waals surface area contributed by atoms with Crippen LogP contribution in [0.3, 0.4) is 0 Å². The van der Waals surface area contributed by atoms with Gasteiger partial charge in [0.2, 0.25) is 0 Å². The second kappa shape index (κ2) is 8.92. The predicted molar refractivity (Wildman–Crippen MR) is 148 cm³/mol. The van der Waals surface area contributed by atoms with Crippen LogP contribution in [0.4, 0.5) is 22.9 Å². The maximum Gasteiger partial charge on any atom is 0.196 e. The lowest BCUT2D eigenvalue weighted by Crippen LogP contribution is -2.47. The summed E-state index contributed by atoms with van der Waals surface area (Å²) in [6.45, 7) is 3.23. The van der Waals surface area contributed by atoms with Crippen LogP contribution >= 0.6 is 0 Å². The third-order valence-electron chi connectivity index (χ3n) is 7.32. The van der Waals surface area contributed by atoms with Gasteiger partial charge in [-0.15, -0.1) is 0 Å². The van der Waals surface area contributed by atoms with Gasteiger partial charge in [0.05, 0.1) is 29.4 Å². The van der Waals surface area contributed by atoms with E-state index in [1.54, 1.807) is 7.11 Å². The van der Waals surface area contributed by atoms with E-state index in [-0.39, 0.29) is 5.78 Å². The molecule has 1 aliphatic carbocycles. The van der Waals surface area contributed by atoms with Crippen molar-refractivity contribution in [2.24, 2.45) is 0 Å². The molecule has 2 aromatic heterocycles. The van der Waals surface area contributed by atoms with Gasteiger partial charge in [0.15, 0.2) is 11.5 Å². The molecular weight excluding hydrogens is 478 g/mol. The topological polar surface area (TPSA) is 83.7 Å². The largest absolute Gasteiger partial charge is 0.497 e. The van der Waals surface area contributed by atoms with Crippen molar-refractivity contribution in [2.45, 2.75) is 0 Å². The number of fused-ring (bicyclic) bond motifs is 2. The minimum Gasteiger partial charge on any atom is -0.497 e. The highest BCUT2D eigenvalue weighted by molar-refractivity contribution is 6.28. The van der Waals surface area contributed by atoms with Gasteiger partial charge in [0, 0.05) is 55.3 Å². The Labute approximate surface area is 219 Å². The third-order valence-corrected chi connectivity index (χ3v) is 7.32. The number of benzene rings is 3. The summed E-state index contributed by atoms with van der Waals surface area (Å²) in [5, 5.41) is 8.76. The zero-order chi connectivity index (χ0) is 25.6. The van der Waals surface area contributed by atoms with E-state index in [2.05, 4.69) is 25.3 Å². The number of pyridine rings is 1. The fraction of sp³-hybridized carbons (Fsp3) is 0.167. The van der Waals surface area contributed by atoms with Crippen LogP contribution < -0.4 is 19.9 Å². The molecule has 1 aliphatic heterocycles. The number of hydrogen-bond acceptors (Lipinski definition) is 8. The molecule has 1 fully saturated rings. The fourth-order valence-electron chi connectivity index (χ4n) is 5.46. The van der Waals surface area contributed by atoms with E-state index >= 15 is 0 Å². The Morgan fingerprint density at radius 1 is 0.895 bits per heavy atom. The smallest absolute Gasteiger partial charge is 0.196 e. The minimum absolute atomic E-state index is 0.0433. The molecule has 3 heterocycles. The first-order chi connectivity index (χ1) is 18.7. The quantitative estimate of drug-likeness (QED) is 0.330. The zero-order valence-corrected chi connectivity index (χ0v) is 20.8. The van der Waals surface area contributed by atoms with Crippen LogP contribution in [0.2, 0.25) is 0 Å². The van der Waals surface area contributed by atoms with Gasteiger partial charge in [0.1, 0.15) is 17.1 Å². The Hall–Kier alpha value is -4.85. The monoisotopic (exact) mass is 503 g/mol. The second-order valence-electron chi connectivity index (χ2n) is 9.45. The molecule has 8 heteroatoms. The fourth-order valence-corrected chi connectivity index (χ4v) is 5.46. The molecule has 1 N–H and O–H groups in total. The Kier molecular flexibility index (Phi) is 5.25. The summed E-state index contributed by atoms with van der Waals surface area (Å²) in [7, 11) is 1.64. The average Bonchev–Trinajstić information content (AvgIpc) is 3.42. The highest BCUT2D eigenvalue weighted by Gasteiger charge is 2.34. The number of methoxy groups -OCH3 is 1. The van der Waals surface area contributed by atoms with E-state index in [0.717, 1.165) is 65.8 Å². The molecule has 3 aromatic carbocycles. The molecule has 0 spiro atoms. The number of nitrogens with one attached hydrogen (secondary N) is 1. The van der Waals surface area contributed by atoms with Crippen molar-refractivity contribution in [1.29, 1.82) is 0 Å².